The molecule has 2 rings (SSSR count). The van der Waals surface area contributed by atoms with E-state index in [1.807, 2.05) is 61.5 Å². The van der Waals surface area contributed by atoms with Crippen molar-refractivity contribution in [1.82, 2.24) is 5.32 Å². The number of rotatable bonds is 9. The summed E-state index contributed by atoms with van der Waals surface area (Å²) < 4.78 is 0. The van der Waals surface area contributed by atoms with Crippen LogP contribution in [0.1, 0.15) is 56.5 Å². The summed E-state index contributed by atoms with van der Waals surface area (Å²) in [4.78, 5) is 27.3. The molecule has 5 heteroatoms. The fourth-order valence-electron chi connectivity index (χ4n) is 3.89. The molecular formula is C26H37N3O2. The molecule has 0 saturated carbocycles. The molecule has 0 aliphatic heterocycles. The number of carbonyl (C=O) groups is 2. The lowest BCUT2D eigenvalue weighted by atomic mass is 9.84. The van der Waals surface area contributed by atoms with Crippen LogP contribution in [0.3, 0.4) is 0 Å². The largest absolute Gasteiger partial charge is 0.377 e. The van der Waals surface area contributed by atoms with E-state index in [1.54, 1.807) is 6.07 Å². The van der Waals surface area contributed by atoms with Gasteiger partial charge in [-0.05, 0) is 47.9 Å². The van der Waals surface area contributed by atoms with Crippen LogP contribution in [0.4, 0.5) is 11.4 Å². The number of amides is 2. The number of anilines is 2. The molecule has 31 heavy (non-hydrogen) atoms. The lowest BCUT2D eigenvalue weighted by molar-refractivity contribution is -0.117. The summed E-state index contributed by atoms with van der Waals surface area (Å²) in [5, 5.41) is 5.97. The first-order valence-electron chi connectivity index (χ1n) is 11.0. The molecule has 0 aromatic heterocycles. The van der Waals surface area contributed by atoms with Gasteiger partial charge in [0.05, 0.1) is 5.56 Å². The third kappa shape index (κ3) is 8.44. The second kappa shape index (κ2) is 11.0. The summed E-state index contributed by atoms with van der Waals surface area (Å²) in [6, 6.07) is 15.6. The van der Waals surface area contributed by atoms with Crippen molar-refractivity contribution < 1.29 is 9.59 Å². The van der Waals surface area contributed by atoms with Gasteiger partial charge in [-0.25, -0.2) is 0 Å². The van der Waals surface area contributed by atoms with Gasteiger partial charge < -0.3 is 15.5 Å². The van der Waals surface area contributed by atoms with Crippen molar-refractivity contribution in [3.8, 4) is 0 Å². The normalized spacial score (nSPS) is 12.2. The Bertz CT molecular complexity index is 870. The van der Waals surface area contributed by atoms with E-state index in [1.165, 1.54) is 5.56 Å². The fraction of sp³-hybridized carbons (Fsp3) is 0.462. The Morgan fingerprint density at radius 2 is 1.71 bits per heavy atom. The molecule has 0 radical (unpaired) electrons. The van der Waals surface area contributed by atoms with E-state index >= 15 is 0 Å². The van der Waals surface area contributed by atoms with Gasteiger partial charge in [-0.1, -0.05) is 58.0 Å². The number of carbonyl (C=O) groups excluding carboxylic acids is 2. The Morgan fingerprint density at radius 3 is 2.32 bits per heavy atom. The molecule has 2 aromatic rings. The Labute approximate surface area is 187 Å². The first kappa shape index (κ1) is 24.4. The number of hydrogen-bond donors (Lipinski definition) is 2. The average molecular weight is 424 g/mol. The topological polar surface area (TPSA) is 61.4 Å². The van der Waals surface area contributed by atoms with Gasteiger partial charge in [-0.2, -0.15) is 0 Å². The van der Waals surface area contributed by atoms with Crippen LogP contribution in [-0.4, -0.2) is 32.5 Å². The number of nitrogens with one attached hydrogen (secondary N) is 2. The summed E-state index contributed by atoms with van der Waals surface area (Å²) in [5.41, 5.74) is 3.39. The van der Waals surface area contributed by atoms with E-state index < -0.39 is 0 Å². The van der Waals surface area contributed by atoms with Crippen LogP contribution in [0.2, 0.25) is 0 Å². The predicted octanol–water partition coefficient (Wildman–Crippen LogP) is 5.13. The summed E-state index contributed by atoms with van der Waals surface area (Å²) >= 11 is 0. The summed E-state index contributed by atoms with van der Waals surface area (Å²) in [6.45, 7) is 9.21. The van der Waals surface area contributed by atoms with Crippen LogP contribution in [-0.2, 0) is 11.2 Å². The third-order valence-electron chi connectivity index (χ3n) is 5.04. The highest BCUT2D eigenvalue weighted by Crippen LogP contribution is 2.27. The van der Waals surface area contributed by atoms with Gasteiger partial charge in [0.2, 0.25) is 5.91 Å². The van der Waals surface area contributed by atoms with Crippen molar-refractivity contribution in [2.75, 3.05) is 30.9 Å². The predicted molar refractivity (Wildman–Crippen MR) is 130 cm³/mol. The van der Waals surface area contributed by atoms with Crippen molar-refractivity contribution >= 4 is 23.2 Å². The van der Waals surface area contributed by atoms with Gasteiger partial charge in [-0.15, -0.1) is 0 Å². The first-order valence-corrected chi connectivity index (χ1v) is 11.0. The minimum atomic E-state index is -0.142. The molecule has 0 spiro atoms. The number of nitrogens with zero attached hydrogens (tertiary/aromatic N) is 1. The highest BCUT2D eigenvalue weighted by molar-refractivity contribution is 6.02. The third-order valence-corrected chi connectivity index (χ3v) is 5.04. The second-order valence-electron chi connectivity index (χ2n) is 9.74. The minimum Gasteiger partial charge on any atom is -0.377 e. The fourth-order valence-corrected chi connectivity index (χ4v) is 3.89. The van der Waals surface area contributed by atoms with Crippen LogP contribution in [0.15, 0.2) is 48.5 Å². The quantitative estimate of drug-likeness (QED) is 0.588. The van der Waals surface area contributed by atoms with Crippen molar-refractivity contribution in [3.05, 3.63) is 59.7 Å². The van der Waals surface area contributed by atoms with E-state index in [0.29, 0.717) is 30.1 Å². The van der Waals surface area contributed by atoms with Crippen molar-refractivity contribution in [2.45, 2.75) is 47.0 Å². The summed E-state index contributed by atoms with van der Waals surface area (Å²) in [7, 11) is 3.81. The van der Waals surface area contributed by atoms with Gasteiger partial charge in [-0.3, -0.25) is 9.59 Å². The van der Waals surface area contributed by atoms with Crippen molar-refractivity contribution in [3.63, 3.8) is 0 Å². The standard InChI is InChI=1S/C26H37N3O2/c1-19(18-26(2,3)4)16-24(30)28-21-12-13-23(29(5)6)22(17-21)25(31)27-15-14-20-10-8-7-9-11-20/h7-13,17,19H,14-16,18H2,1-6H3,(H,27,31)(H,28,30)/t19-/m0/s1. The maximum Gasteiger partial charge on any atom is 0.253 e. The second-order valence-corrected chi connectivity index (χ2v) is 9.74. The highest BCUT2D eigenvalue weighted by atomic mass is 16.2. The molecule has 0 saturated heterocycles. The van der Waals surface area contributed by atoms with Crippen LogP contribution in [0, 0.1) is 11.3 Å². The Morgan fingerprint density at radius 1 is 1.03 bits per heavy atom. The smallest absolute Gasteiger partial charge is 0.253 e. The van der Waals surface area contributed by atoms with Gasteiger partial charge in [0.15, 0.2) is 0 Å². The molecule has 2 N–H and O–H groups in total. The molecule has 0 unspecified atom stereocenters. The lowest BCUT2D eigenvalue weighted by Crippen LogP contribution is -2.28. The SMILES string of the molecule is C[C@@H](CC(=O)Nc1ccc(N(C)C)c(C(=O)NCCc2ccccc2)c1)CC(C)(C)C. The highest BCUT2D eigenvalue weighted by Gasteiger charge is 2.19. The van der Waals surface area contributed by atoms with Crippen LogP contribution >= 0.6 is 0 Å². The molecule has 0 aliphatic carbocycles. The Hall–Kier alpha value is -2.82. The molecule has 2 amide bonds. The zero-order valence-electron chi connectivity index (χ0n) is 19.8. The zero-order chi connectivity index (χ0) is 23.0. The van der Waals surface area contributed by atoms with Crippen LogP contribution < -0.4 is 15.5 Å². The lowest BCUT2D eigenvalue weighted by Gasteiger charge is -2.23. The maximum atomic E-state index is 12.9. The average Bonchev–Trinajstić information content (AvgIpc) is 2.66. The molecule has 0 heterocycles. The molecule has 0 fully saturated rings. The maximum absolute atomic E-state index is 12.9. The van der Waals surface area contributed by atoms with Gasteiger partial charge in [0, 0.05) is 38.4 Å². The minimum absolute atomic E-state index is 0.0233. The number of benzene rings is 2. The molecule has 1 atom stereocenters. The number of hydrogen-bond acceptors (Lipinski definition) is 3. The molecule has 2 aromatic carbocycles. The Kier molecular flexibility index (Phi) is 8.66. The Balaban J connectivity index is 2.04. The zero-order valence-corrected chi connectivity index (χ0v) is 19.8. The van der Waals surface area contributed by atoms with E-state index in [4.69, 9.17) is 0 Å². The van der Waals surface area contributed by atoms with Gasteiger partial charge in [0.25, 0.3) is 5.91 Å². The van der Waals surface area contributed by atoms with Crippen LogP contribution in [0.25, 0.3) is 0 Å². The first-order chi connectivity index (χ1) is 14.5. The molecule has 5 nitrogen and oxygen atoms in total. The summed E-state index contributed by atoms with van der Waals surface area (Å²) in [6.07, 6.45) is 2.21. The van der Waals surface area contributed by atoms with Gasteiger partial charge >= 0.3 is 0 Å². The summed E-state index contributed by atoms with van der Waals surface area (Å²) in [5.74, 6) is 0.128. The van der Waals surface area contributed by atoms with Crippen molar-refractivity contribution in [1.29, 1.82) is 0 Å². The molecule has 168 valence electrons. The van der Waals surface area contributed by atoms with Crippen LogP contribution in [0.5, 0.6) is 0 Å². The molecular weight excluding hydrogens is 386 g/mol. The van der Waals surface area contributed by atoms with E-state index in [2.05, 4.69) is 38.3 Å². The van der Waals surface area contributed by atoms with E-state index in [-0.39, 0.29) is 17.2 Å². The molecule has 0 bridgehead atoms. The molecule has 0 aliphatic rings. The van der Waals surface area contributed by atoms with E-state index in [0.717, 1.165) is 18.5 Å². The van der Waals surface area contributed by atoms with Gasteiger partial charge in [0.1, 0.15) is 0 Å². The monoisotopic (exact) mass is 423 g/mol. The van der Waals surface area contributed by atoms with Crippen molar-refractivity contribution in [2.24, 2.45) is 11.3 Å². The van der Waals surface area contributed by atoms with E-state index in [9.17, 15) is 9.59 Å².